The van der Waals surface area contributed by atoms with E-state index in [0.717, 1.165) is 27.8 Å². The fourth-order valence-corrected chi connectivity index (χ4v) is 4.86. The molecule has 5 aromatic rings. The molecule has 1 aromatic heterocycles. The lowest BCUT2D eigenvalue weighted by Gasteiger charge is -2.19. The van der Waals surface area contributed by atoms with Crippen LogP contribution in [0.1, 0.15) is 24.0 Å². The zero-order valence-electron chi connectivity index (χ0n) is 16.3. The summed E-state index contributed by atoms with van der Waals surface area (Å²) in [4.78, 5) is 4.86. The Hall–Kier alpha value is -3.39. The van der Waals surface area contributed by atoms with E-state index >= 15 is 0 Å². The van der Waals surface area contributed by atoms with E-state index < -0.39 is 0 Å². The van der Waals surface area contributed by atoms with Gasteiger partial charge in [-0.2, -0.15) is 0 Å². The molecule has 4 aromatic carbocycles. The van der Waals surface area contributed by atoms with Crippen LogP contribution in [0.3, 0.4) is 0 Å². The molecule has 1 aliphatic rings. The first-order chi connectivity index (χ1) is 14.3. The summed E-state index contributed by atoms with van der Waals surface area (Å²) in [6.45, 7) is 0. The minimum absolute atomic E-state index is 0.770. The van der Waals surface area contributed by atoms with Crippen molar-refractivity contribution in [2.45, 2.75) is 25.7 Å². The van der Waals surface area contributed by atoms with Crippen molar-refractivity contribution < 1.29 is 0 Å². The summed E-state index contributed by atoms with van der Waals surface area (Å²) < 4.78 is 0. The van der Waals surface area contributed by atoms with Crippen LogP contribution in [-0.4, -0.2) is 4.98 Å². The monoisotopic (exact) mass is 374 g/mol. The molecule has 140 valence electrons. The summed E-state index contributed by atoms with van der Waals surface area (Å²) in [5.41, 5.74) is 12.9. The number of hydrogen-bond acceptors (Lipinski definition) is 2. The molecule has 0 amide bonds. The lowest BCUT2D eigenvalue weighted by molar-refractivity contribution is 0.690. The zero-order valence-corrected chi connectivity index (χ0v) is 16.3. The van der Waals surface area contributed by atoms with Gasteiger partial charge in [0.25, 0.3) is 0 Å². The summed E-state index contributed by atoms with van der Waals surface area (Å²) in [5, 5.41) is 6.48. The standard InChI is InChI=1S/C27H22N2/c28-21-9-14-27-20(16-21)8-13-26(29-27)19-7-10-23-18(15-19)6-12-24-22-4-2-1-3-17(22)5-11-25(23)24/h5-16H,1-4,28H2. The topological polar surface area (TPSA) is 38.9 Å². The number of pyridine rings is 1. The SMILES string of the molecule is Nc1ccc2nc(-c3ccc4c(ccc5c6c(ccc54)CCCC6)c3)ccc2c1. The van der Waals surface area contributed by atoms with Gasteiger partial charge in [0.05, 0.1) is 11.2 Å². The van der Waals surface area contributed by atoms with Crippen molar-refractivity contribution in [3.63, 3.8) is 0 Å². The molecular formula is C27H22N2. The molecule has 29 heavy (non-hydrogen) atoms. The molecule has 2 heteroatoms. The van der Waals surface area contributed by atoms with Crippen LogP contribution >= 0.6 is 0 Å². The van der Waals surface area contributed by atoms with Crippen LogP contribution < -0.4 is 5.73 Å². The van der Waals surface area contributed by atoms with Gasteiger partial charge in [-0.15, -0.1) is 0 Å². The van der Waals surface area contributed by atoms with Gasteiger partial charge in [0, 0.05) is 16.6 Å². The maximum Gasteiger partial charge on any atom is 0.0711 e. The first kappa shape index (κ1) is 16.6. The van der Waals surface area contributed by atoms with Gasteiger partial charge >= 0.3 is 0 Å². The van der Waals surface area contributed by atoms with Gasteiger partial charge in [0.2, 0.25) is 0 Å². The molecule has 0 saturated heterocycles. The average molecular weight is 374 g/mol. The molecule has 0 atom stereocenters. The third kappa shape index (κ3) is 2.67. The average Bonchev–Trinajstić information content (AvgIpc) is 2.78. The number of anilines is 1. The van der Waals surface area contributed by atoms with Crippen molar-refractivity contribution in [1.82, 2.24) is 4.98 Å². The van der Waals surface area contributed by atoms with Crippen molar-refractivity contribution in [1.29, 1.82) is 0 Å². The maximum atomic E-state index is 5.90. The van der Waals surface area contributed by atoms with Gasteiger partial charge in [-0.3, -0.25) is 0 Å². The van der Waals surface area contributed by atoms with Crippen LogP contribution in [0.25, 0.3) is 43.7 Å². The molecular weight excluding hydrogens is 352 g/mol. The highest BCUT2D eigenvalue weighted by atomic mass is 14.7. The summed E-state index contributed by atoms with van der Waals surface area (Å²) >= 11 is 0. The molecule has 0 radical (unpaired) electrons. The van der Waals surface area contributed by atoms with E-state index in [0.29, 0.717) is 0 Å². The van der Waals surface area contributed by atoms with Gasteiger partial charge in [-0.25, -0.2) is 4.98 Å². The molecule has 1 aliphatic carbocycles. The number of rotatable bonds is 1. The van der Waals surface area contributed by atoms with E-state index in [4.69, 9.17) is 10.7 Å². The smallest absolute Gasteiger partial charge is 0.0711 e. The van der Waals surface area contributed by atoms with Crippen LogP contribution in [0.15, 0.2) is 72.8 Å². The predicted octanol–water partition coefficient (Wildman–Crippen LogP) is 6.67. The zero-order chi connectivity index (χ0) is 19.4. The highest BCUT2D eigenvalue weighted by Gasteiger charge is 2.14. The molecule has 0 fully saturated rings. The summed E-state index contributed by atoms with van der Waals surface area (Å²) in [6, 6.07) is 26.0. The Kier molecular flexibility index (Phi) is 3.60. The largest absolute Gasteiger partial charge is 0.399 e. The quantitative estimate of drug-likeness (QED) is 0.263. The lowest BCUT2D eigenvalue weighted by Crippen LogP contribution is -2.03. The van der Waals surface area contributed by atoms with Gasteiger partial charge in [-0.1, -0.05) is 42.5 Å². The van der Waals surface area contributed by atoms with Crippen LogP contribution in [0.5, 0.6) is 0 Å². The number of nitrogen functional groups attached to an aromatic ring is 1. The van der Waals surface area contributed by atoms with Gasteiger partial charge in [0.1, 0.15) is 0 Å². The van der Waals surface area contributed by atoms with Crippen molar-refractivity contribution in [2.75, 3.05) is 5.73 Å². The molecule has 2 N–H and O–H groups in total. The molecule has 0 saturated carbocycles. The van der Waals surface area contributed by atoms with Crippen LogP contribution in [0.2, 0.25) is 0 Å². The Bertz CT molecular complexity index is 1420. The summed E-state index contributed by atoms with van der Waals surface area (Å²) in [6.07, 6.45) is 5.06. The van der Waals surface area contributed by atoms with Gasteiger partial charge in [-0.05, 0) is 88.7 Å². The van der Waals surface area contributed by atoms with Crippen molar-refractivity contribution in [3.05, 3.63) is 83.9 Å². The molecule has 1 heterocycles. The highest BCUT2D eigenvalue weighted by molar-refractivity contribution is 6.09. The lowest BCUT2D eigenvalue weighted by atomic mass is 9.86. The van der Waals surface area contributed by atoms with Crippen molar-refractivity contribution in [3.8, 4) is 11.3 Å². The number of aryl methyl sites for hydroxylation is 2. The summed E-state index contributed by atoms with van der Waals surface area (Å²) in [7, 11) is 0. The van der Waals surface area contributed by atoms with E-state index in [9.17, 15) is 0 Å². The van der Waals surface area contributed by atoms with Crippen molar-refractivity contribution in [2.24, 2.45) is 0 Å². The minimum Gasteiger partial charge on any atom is -0.399 e. The van der Waals surface area contributed by atoms with E-state index in [1.165, 1.54) is 47.2 Å². The Morgan fingerprint density at radius 1 is 0.655 bits per heavy atom. The Labute approximate surface area is 170 Å². The van der Waals surface area contributed by atoms with E-state index in [1.807, 2.05) is 18.2 Å². The number of benzene rings is 4. The Balaban J connectivity index is 1.51. The molecule has 0 bridgehead atoms. The first-order valence-electron chi connectivity index (χ1n) is 10.4. The van der Waals surface area contributed by atoms with Crippen LogP contribution in [-0.2, 0) is 12.8 Å². The molecule has 0 aliphatic heterocycles. The van der Waals surface area contributed by atoms with E-state index in [1.54, 1.807) is 11.1 Å². The second kappa shape index (κ2) is 6.31. The normalized spacial score (nSPS) is 13.8. The second-order valence-corrected chi connectivity index (χ2v) is 8.16. The molecule has 0 unspecified atom stereocenters. The number of aromatic nitrogens is 1. The fraction of sp³-hybridized carbons (Fsp3) is 0.148. The minimum atomic E-state index is 0.770. The summed E-state index contributed by atoms with van der Waals surface area (Å²) in [5.74, 6) is 0. The van der Waals surface area contributed by atoms with E-state index in [2.05, 4.69) is 54.6 Å². The third-order valence-electron chi connectivity index (χ3n) is 6.36. The number of nitrogens with two attached hydrogens (primary N) is 1. The van der Waals surface area contributed by atoms with Crippen molar-refractivity contribution >= 4 is 38.1 Å². The second-order valence-electron chi connectivity index (χ2n) is 8.16. The number of nitrogens with zero attached hydrogens (tertiary/aromatic N) is 1. The van der Waals surface area contributed by atoms with Crippen LogP contribution in [0.4, 0.5) is 5.69 Å². The number of fused-ring (bicyclic) bond motifs is 6. The molecule has 6 rings (SSSR count). The fourth-order valence-electron chi connectivity index (χ4n) is 4.86. The Morgan fingerprint density at radius 3 is 2.45 bits per heavy atom. The third-order valence-corrected chi connectivity index (χ3v) is 6.36. The van der Waals surface area contributed by atoms with Crippen LogP contribution in [0, 0.1) is 0 Å². The maximum absolute atomic E-state index is 5.90. The van der Waals surface area contributed by atoms with Gasteiger partial charge < -0.3 is 5.73 Å². The number of hydrogen-bond donors (Lipinski definition) is 1. The Morgan fingerprint density at radius 2 is 1.48 bits per heavy atom. The molecule has 0 spiro atoms. The first-order valence-corrected chi connectivity index (χ1v) is 10.4. The van der Waals surface area contributed by atoms with E-state index in [-0.39, 0.29) is 0 Å². The highest BCUT2D eigenvalue weighted by Crippen LogP contribution is 2.35. The molecule has 2 nitrogen and oxygen atoms in total. The van der Waals surface area contributed by atoms with Gasteiger partial charge in [0.15, 0.2) is 0 Å². The predicted molar refractivity (Wildman–Crippen MR) is 123 cm³/mol.